The smallest absolute Gasteiger partial charge is 0.123 e. The minimum Gasteiger partial charge on any atom is -0.317 e. The Kier molecular flexibility index (Phi) is 5.23. The van der Waals surface area contributed by atoms with Gasteiger partial charge >= 0.3 is 0 Å². The van der Waals surface area contributed by atoms with Gasteiger partial charge in [0.25, 0.3) is 0 Å². The minimum atomic E-state index is -0.124. The molecule has 0 aliphatic carbocycles. The number of hydrogen-bond acceptors (Lipinski definition) is 1. The Bertz CT molecular complexity index is 335. The van der Waals surface area contributed by atoms with Crippen LogP contribution >= 0.6 is 12.4 Å². The van der Waals surface area contributed by atoms with E-state index in [4.69, 9.17) is 0 Å². The molecule has 0 amide bonds. The zero-order chi connectivity index (χ0) is 10.7. The van der Waals surface area contributed by atoms with E-state index in [9.17, 15) is 4.39 Å². The predicted octanol–water partition coefficient (Wildman–Crippen LogP) is 3.10. The van der Waals surface area contributed by atoms with Gasteiger partial charge in [0.1, 0.15) is 5.82 Å². The van der Waals surface area contributed by atoms with Crippen LogP contribution in [-0.2, 0) is 6.42 Å². The Morgan fingerprint density at radius 3 is 2.62 bits per heavy atom. The monoisotopic (exact) mass is 243 g/mol. The fourth-order valence-electron chi connectivity index (χ4n) is 2.29. The van der Waals surface area contributed by atoms with Gasteiger partial charge < -0.3 is 5.32 Å². The van der Waals surface area contributed by atoms with Crippen LogP contribution in [0.3, 0.4) is 0 Å². The molecule has 90 valence electrons. The fourth-order valence-corrected chi connectivity index (χ4v) is 2.29. The molecule has 0 aromatic heterocycles. The van der Waals surface area contributed by atoms with E-state index >= 15 is 0 Å². The lowest BCUT2D eigenvalue weighted by Gasteiger charge is -2.23. The molecule has 0 radical (unpaired) electrons. The van der Waals surface area contributed by atoms with Gasteiger partial charge in [-0.2, -0.15) is 0 Å². The van der Waals surface area contributed by atoms with Gasteiger partial charge in [-0.15, -0.1) is 12.4 Å². The molecule has 3 heteroatoms. The highest BCUT2D eigenvalue weighted by atomic mass is 35.5. The predicted molar refractivity (Wildman–Crippen MR) is 67.7 cm³/mol. The van der Waals surface area contributed by atoms with Gasteiger partial charge in [-0.05, 0) is 68.5 Å². The number of nitrogens with one attached hydrogen (secondary N) is 1. The Hall–Kier alpha value is -0.600. The third-order valence-corrected chi connectivity index (χ3v) is 3.27. The van der Waals surface area contributed by atoms with Gasteiger partial charge in [0, 0.05) is 0 Å². The number of aryl methyl sites for hydroxylation is 1. The van der Waals surface area contributed by atoms with Crippen molar-refractivity contribution in [3.8, 4) is 0 Å². The van der Waals surface area contributed by atoms with E-state index in [1.807, 2.05) is 13.0 Å². The zero-order valence-electron chi connectivity index (χ0n) is 9.63. The van der Waals surface area contributed by atoms with Crippen LogP contribution in [0.15, 0.2) is 18.2 Å². The van der Waals surface area contributed by atoms with E-state index in [0.29, 0.717) is 0 Å². The summed E-state index contributed by atoms with van der Waals surface area (Å²) in [5, 5.41) is 3.36. The molecule has 2 rings (SSSR count). The van der Waals surface area contributed by atoms with Crippen molar-refractivity contribution in [1.29, 1.82) is 0 Å². The molecule has 0 saturated carbocycles. The number of benzene rings is 1. The third-order valence-electron chi connectivity index (χ3n) is 3.27. The van der Waals surface area contributed by atoms with Crippen molar-refractivity contribution >= 4 is 12.4 Å². The third kappa shape index (κ3) is 3.46. The molecule has 1 nitrogen and oxygen atoms in total. The highest BCUT2D eigenvalue weighted by Crippen LogP contribution is 2.20. The second-order valence-electron chi connectivity index (χ2n) is 4.47. The second-order valence-corrected chi connectivity index (χ2v) is 4.47. The summed E-state index contributed by atoms with van der Waals surface area (Å²) < 4.78 is 12.9. The van der Waals surface area contributed by atoms with Gasteiger partial charge in [0.05, 0.1) is 0 Å². The van der Waals surface area contributed by atoms with Crippen molar-refractivity contribution in [2.45, 2.75) is 26.2 Å². The lowest BCUT2D eigenvalue weighted by molar-refractivity contribution is 0.372. The molecule has 1 aliphatic rings. The maximum atomic E-state index is 12.9. The molecule has 1 aromatic rings. The largest absolute Gasteiger partial charge is 0.317 e. The molecule has 0 bridgehead atoms. The van der Waals surface area contributed by atoms with Crippen molar-refractivity contribution in [3.05, 3.63) is 35.1 Å². The Morgan fingerprint density at radius 2 is 2.00 bits per heavy atom. The van der Waals surface area contributed by atoms with E-state index in [1.54, 1.807) is 12.1 Å². The van der Waals surface area contributed by atoms with Crippen LogP contribution in [-0.4, -0.2) is 13.1 Å². The van der Waals surface area contributed by atoms with Crippen LogP contribution in [0.2, 0.25) is 0 Å². The van der Waals surface area contributed by atoms with E-state index in [-0.39, 0.29) is 18.2 Å². The summed E-state index contributed by atoms with van der Waals surface area (Å²) >= 11 is 0. The molecule has 1 N–H and O–H groups in total. The fraction of sp³-hybridized carbons (Fsp3) is 0.538. The molecule has 1 saturated heterocycles. The highest BCUT2D eigenvalue weighted by molar-refractivity contribution is 5.85. The summed E-state index contributed by atoms with van der Waals surface area (Å²) in [5.41, 5.74) is 2.40. The van der Waals surface area contributed by atoms with Gasteiger partial charge in [-0.25, -0.2) is 4.39 Å². The maximum absolute atomic E-state index is 12.9. The second kappa shape index (κ2) is 6.21. The minimum absolute atomic E-state index is 0. The van der Waals surface area contributed by atoms with E-state index in [1.165, 1.54) is 18.4 Å². The number of piperidine rings is 1. The highest BCUT2D eigenvalue weighted by Gasteiger charge is 2.14. The van der Waals surface area contributed by atoms with E-state index in [0.717, 1.165) is 31.0 Å². The number of halogens is 2. The topological polar surface area (TPSA) is 12.0 Å². The van der Waals surface area contributed by atoms with Crippen molar-refractivity contribution in [2.24, 2.45) is 5.92 Å². The normalized spacial score (nSPS) is 16.9. The standard InChI is InChI=1S/C13H18FN.ClH/c1-10-8-13(14)3-2-12(10)9-11-4-6-15-7-5-11;/h2-3,8,11,15H,4-7,9H2,1H3;1H. The summed E-state index contributed by atoms with van der Waals surface area (Å²) in [7, 11) is 0. The van der Waals surface area contributed by atoms with E-state index < -0.39 is 0 Å². The van der Waals surface area contributed by atoms with Crippen LogP contribution in [0.4, 0.5) is 4.39 Å². The van der Waals surface area contributed by atoms with Crippen molar-refractivity contribution in [2.75, 3.05) is 13.1 Å². The lowest BCUT2D eigenvalue weighted by atomic mass is 9.89. The molecule has 0 spiro atoms. The maximum Gasteiger partial charge on any atom is 0.123 e. The van der Waals surface area contributed by atoms with Crippen LogP contribution < -0.4 is 5.32 Å². The van der Waals surface area contributed by atoms with Crippen LogP contribution in [0, 0.1) is 18.7 Å². The number of rotatable bonds is 2. The molecule has 16 heavy (non-hydrogen) atoms. The van der Waals surface area contributed by atoms with Gasteiger partial charge in [0.15, 0.2) is 0 Å². The summed E-state index contributed by atoms with van der Waals surface area (Å²) in [6.07, 6.45) is 3.60. The average molecular weight is 244 g/mol. The molecule has 1 heterocycles. The first kappa shape index (κ1) is 13.5. The van der Waals surface area contributed by atoms with Crippen LogP contribution in [0.25, 0.3) is 0 Å². The van der Waals surface area contributed by atoms with Crippen molar-refractivity contribution in [1.82, 2.24) is 5.32 Å². The van der Waals surface area contributed by atoms with Crippen molar-refractivity contribution in [3.63, 3.8) is 0 Å². The zero-order valence-corrected chi connectivity index (χ0v) is 10.4. The Balaban J connectivity index is 0.00000128. The molecule has 1 fully saturated rings. The van der Waals surface area contributed by atoms with Gasteiger partial charge in [0.2, 0.25) is 0 Å². The summed E-state index contributed by atoms with van der Waals surface area (Å²) in [4.78, 5) is 0. The first-order chi connectivity index (χ1) is 7.25. The Labute approximate surface area is 103 Å². The van der Waals surface area contributed by atoms with Crippen LogP contribution in [0.5, 0.6) is 0 Å². The lowest BCUT2D eigenvalue weighted by Crippen LogP contribution is -2.28. The molecular weight excluding hydrogens is 225 g/mol. The van der Waals surface area contributed by atoms with Crippen LogP contribution in [0.1, 0.15) is 24.0 Å². The Morgan fingerprint density at radius 1 is 1.31 bits per heavy atom. The summed E-state index contributed by atoms with van der Waals surface area (Å²) in [6, 6.07) is 5.15. The molecule has 0 atom stereocenters. The first-order valence-electron chi connectivity index (χ1n) is 5.71. The summed E-state index contributed by atoms with van der Waals surface area (Å²) in [6.45, 7) is 4.26. The average Bonchev–Trinajstić information content (AvgIpc) is 2.24. The molecule has 1 aliphatic heterocycles. The summed E-state index contributed by atoms with van der Waals surface area (Å²) in [5.74, 6) is 0.650. The van der Waals surface area contributed by atoms with Crippen molar-refractivity contribution < 1.29 is 4.39 Å². The SMILES string of the molecule is Cc1cc(F)ccc1CC1CCNCC1.Cl. The van der Waals surface area contributed by atoms with Gasteiger partial charge in [-0.1, -0.05) is 6.07 Å². The number of hydrogen-bond donors (Lipinski definition) is 1. The van der Waals surface area contributed by atoms with E-state index in [2.05, 4.69) is 5.32 Å². The molecule has 0 unspecified atom stereocenters. The first-order valence-corrected chi connectivity index (χ1v) is 5.71. The molecular formula is C13H19ClFN. The quantitative estimate of drug-likeness (QED) is 0.842. The molecule has 1 aromatic carbocycles. The van der Waals surface area contributed by atoms with Gasteiger partial charge in [-0.3, -0.25) is 0 Å².